The molecule has 0 bridgehead atoms. The molecule has 1 aromatic heterocycles. The van der Waals surface area contributed by atoms with E-state index in [1.807, 2.05) is 0 Å². The van der Waals surface area contributed by atoms with E-state index in [1.54, 1.807) is 18.2 Å². The summed E-state index contributed by atoms with van der Waals surface area (Å²) in [5, 5.41) is 17.0. The minimum Gasteiger partial charge on any atom is -0.543 e. The summed E-state index contributed by atoms with van der Waals surface area (Å²) in [6.07, 6.45) is -5.08. The Kier molecular flexibility index (Phi) is 4.85. The Morgan fingerprint density at radius 2 is 2.00 bits per heavy atom. The van der Waals surface area contributed by atoms with Gasteiger partial charge in [-0.3, -0.25) is 0 Å². The Morgan fingerprint density at radius 3 is 2.56 bits per heavy atom. The molecule has 2 aromatic rings. The smallest absolute Gasteiger partial charge is 0.410 e. The van der Waals surface area contributed by atoms with E-state index < -0.39 is 41.4 Å². The van der Waals surface area contributed by atoms with Crippen molar-refractivity contribution in [2.45, 2.75) is 24.7 Å². The standard InChI is InChI=1S/C16H15ClF3N3O4/c1-26-9-4-3-7(5-10(9)27-2)8-6-11(16(18,19)20)23-14(21-8)12(17)13(22-23)15(24)25/h3-5,8,11,21H,6H2,1-2H3,(H,24,25)/p-1/t8-,11+/m1/s1. The number of hydrogen-bond donors (Lipinski definition) is 1. The van der Waals surface area contributed by atoms with E-state index in [0.717, 1.165) is 0 Å². The predicted octanol–water partition coefficient (Wildman–Crippen LogP) is 2.58. The van der Waals surface area contributed by atoms with Crippen LogP contribution in [-0.2, 0) is 0 Å². The van der Waals surface area contributed by atoms with E-state index in [2.05, 4.69) is 10.4 Å². The minimum absolute atomic E-state index is 0.232. The largest absolute Gasteiger partial charge is 0.543 e. The number of nitrogens with one attached hydrogen (secondary N) is 1. The Morgan fingerprint density at radius 1 is 1.33 bits per heavy atom. The normalized spacial score (nSPS) is 19.2. The molecule has 2 atom stereocenters. The van der Waals surface area contributed by atoms with Crippen LogP contribution >= 0.6 is 11.6 Å². The summed E-state index contributed by atoms with van der Waals surface area (Å²) < 4.78 is 51.6. The number of benzene rings is 1. The summed E-state index contributed by atoms with van der Waals surface area (Å²) in [6.45, 7) is 0. The van der Waals surface area contributed by atoms with E-state index >= 15 is 0 Å². The maximum atomic E-state index is 13.6. The molecule has 0 aliphatic carbocycles. The Labute approximate surface area is 156 Å². The number of ether oxygens (including phenoxy) is 2. The molecule has 0 amide bonds. The van der Waals surface area contributed by atoms with Gasteiger partial charge in [0.25, 0.3) is 0 Å². The molecule has 0 unspecified atom stereocenters. The molecule has 0 fully saturated rings. The second kappa shape index (κ2) is 6.84. The third-order valence-corrected chi connectivity index (χ3v) is 4.66. The number of carboxylic acid groups (broad SMARTS) is 1. The van der Waals surface area contributed by atoms with Gasteiger partial charge in [-0.15, -0.1) is 0 Å². The van der Waals surface area contributed by atoms with Crippen LogP contribution in [0.25, 0.3) is 0 Å². The average molecular weight is 405 g/mol. The van der Waals surface area contributed by atoms with Crippen molar-refractivity contribution in [2.75, 3.05) is 19.5 Å². The number of methoxy groups -OCH3 is 2. The van der Waals surface area contributed by atoms with Crippen LogP contribution in [0.5, 0.6) is 11.5 Å². The Bertz CT molecular complexity index is 885. The number of carbonyl (C=O) groups excluding carboxylic acids is 1. The van der Waals surface area contributed by atoms with E-state index in [9.17, 15) is 23.1 Å². The fourth-order valence-electron chi connectivity index (χ4n) is 3.01. The van der Waals surface area contributed by atoms with Crippen LogP contribution in [-0.4, -0.2) is 36.1 Å². The monoisotopic (exact) mass is 404 g/mol. The topological polar surface area (TPSA) is 88.4 Å². The molecule has 1 aliphatic rings. The fraction of sp³-hybridized carbons (Fsp3) is 0.375. The van der Waals surface area contributed by atoms with Crippen molar-refractivity contribution >= 4 is 23.4 Å². The summed E-state index contributed by atoms with van der Waals surface area (Å²) >= 11 is 5.93. The van der Waals surface area contributed by atoms with Gasteiger partial charge in [-0.1, -0.05) is 17.7 Å². The molecule has 0 saturated carbocycles. The van der Waals surface area contributed by atoms with Crippen LogP contribution in [0.15, 0.2) is 18.2 Å². The molecule has 0 saturated heterocycles. The molecule has 27 heavy (non-hydrogen) atoms. The van der Waals surface area contributed by atoms with Crippen molar-refractivity contribution in [3.63, 3.8) is 0 Å². The van der Waals surface area contributed by atoms with Gasteiger partial charge in [0.1, 0.15) is 16.5 Å². The number of carboxylic acids is 1. The molecule has 11 heteroatoms. The molecule has 1 N–H and O–H groups in total. The first-order chi connectivity index (χ1) is 12.7. The summed E-state index contributed by atoms with van der Waals surface area (Å²) in [6, 6.07) is 1.83. The van der Waals surface area contributed by atoms with Crippen molar-refractivity contribution in [3.8, 4) is 11.5 Å². The van der Waals surface area contributed by atoms with E-state index in [0.29, 0.717) is 21.7 Å². The molecule has 0 spiro atoms. The van der Waals surface area contributed by atoms with Gasteiger partial charge in [0.15, 0.2) is 17.5 Å². The molecular weight excluding hydrogens is 391 g/mol. The third kappa shape index (κ3) is 3.36. The lowest BCUT2D eigenvalue weighted by Crippen LogP contribution is -2.36. The van der Waals surface area contributed by atoms with Gasteiger partial charge in [0, 0.05) is 6.42 Å². The highest BCUT2D eigenvalue weighted by molar-refractivity contribution is 6.35. The zero-order valence-corrected chi connectivity index (χ0v) is 14.9. The van der Waals surface area contributed by atoms with Crippen LogP contribution in [0, 0.1) is 0 Å². The molecule has 3 rings (SSSR count). The number of alkyl halides is 3. The van der Waals surface area contributed by atoms with E-state index in [4.69, 9.17) is 21.1 Å². The van der Waals surface area contributed by atoms with Gasteiger partial charge in [-0.2, -0.15) is 18.3 Å². The predicted molar refractivity (Wildman–Crippen MR) is 87.2 cm³/mol. The number of halogens is 4. The first kappa shape index (κ1) is 19.2. The fourth-order valence-corrected chi connectivity index (χ4v) is 3.26. The Hall–Kier alpha value is -2.62. The van der Waals surface area contributed by atoms with Gasteiger partial charge in [-0.05, 0) is 17.7 Å². The molecule has 0 radical (unpaired) electrons. The summed E-state index contributed by atoms with van der Waals surface area (Å²) in [4.78, 5) is 11.1. The first-order valence-corrected chi connectivity index (χ1v) is 8.09. The van der Waals surface area contributed by atoms with Gasteiger partial charge >= 0.3 is 6.18 Å². The SMILES string of the molecule is COc1ccc([C@H]2C[C@@H](C(F)(F)F)n3nc(C(=O)[O-])c(Cl)c3N2)cc1OC. The van der Waals surface area contributed by atoms with Gasteiger partial charge in [0.2, 0.25) is 0 Å². The van der Waals surface area contributed by atoms with Crippen molar-refractivity contribution in [1.29, 1.82) is 0 Å². The van der Waals surface area contributed by atoms with Crippen molar-refractivity contribution in [1.82, 2.24) is 9.78 Å². The number of carbonyl (C=O) groups is 1. The quantitative estimate of drug-likeness (QED) is 0.842. The first-order valence-electron chi connectivity index (χ1n) is 7.71. The highest BCUT2D eigenvalue weighted by Crippen LogP contribution is 2.46. The van der Waals surface area contributed by atoms with Crippen molar-refractivity contribution in [2.24, 2.45) is 0 Å². The summed E-state index contributed by atoms with van der Waals surface area (Å²) in [5.41, 5.74) is -0.262. The maximum Gasteiger partial charge on any atom is 0.410 e. The number of anilines is 1. The lowest BCUT2D eigenvalue weighted by Gasteiger charge is -2.33. The third-order valence-electron chi connectivity index (χ3n) is 4.30. The minimum atomic E-state index is -4.66. The number of rotatable bonds is 4. The van der Waals surface area contributed by atoms with Crippen LogP contribution in [0.1, 0.15) is 34.6 Å². The average Bonchev–Trinajstić information content (AvgIpc) is 2.96. The summed E-state index contributed by atoms with van der Waals surface area (Å²) in [5.74, 6) is -1.22. The second-order valence-electron chi connectivity index (χ2n) is 5.85. The molecular formula is C16H14ClF3N3O4-. The molecule has 1 aliphatic heterocycles. The van der Waals surface area contributed by atoms with Gasteiger partial charge in [-0.25, -0.2) is 4.68 Å². The molecule has 1 aromatic carbocycles. The van der Waals surface area contributed by atoms with Crippen LogP contribution in [0.4, 0.5) is 19.0 Å². The van der Waals surface area contributed by atoms with E-state index in [-0.39, 0.29) is 5.82 Å². The number of nitrogens with zero attached hydrogens (tertiary/aromatic N) is 2. The van der Waals surface area contributed by atoms with Crippen LogP contribution < -0.4 is 19.9 Å². The number of fused-ring (bicyclic) bond motifs is 1. The number of aromatic carboxylic acids is 1. The highest BCUT2D eigenvalue weighted by Gasteiger charge is 2.47. The van der Waals surface area contributed by atoms with Crippen LogP contribution in [0.3, 0.4) is 0 Å². The number of aromatic nitrogens is 2. The number of hydrogen-bond acceptors (Lipinski definition) is 6. The lowest BCUT2D eigenvalue weighted by molar-refractivity contribution is -0.255. The van der Waals surface area contributed by atoms with Gasteiger partial charge in [0.05, 0.1) is 26.2 Å². The van der Waals surface area contributed by atoms with Crippen LogP contribution in [0.2, 0.25) is 5.02 Å². The second-order valence-corrected chi connectivity index (χ2v) is 6.23. The zero-order chi connectivity index (χ0) is 19.9. The summed E-state index contributed by atoms with van der Waals surface area (Å²) in [7, 11) is 2.85. The van der Waals surface area contributed by atoms with Crippen molar-refractivity contribution < 1.29 is 32.5 Å². The molecule has 146 valence electrons. The maximum absolute atomic E-state index is 13.6. The van der Waals surface area contributed by atoms with Gasteiger partial charge < -0.3 is 24.7 Å². The lowest BCUT2D eigenvalue weighted by atomic mass is 9.96. The Balaban J connectivity index is 2.07. The highest BCUT2D eigenvalue weighted by atomic mass is 35.5. The molecule has 7 nitrogen and oxygen atoms in total. The van der Waals surface area contributed by atoms with Crippen molar-refractivity contribution in [3.05, 3.63) is 34.5 Å². The molecule has 2 heterocycles. The van der Waals surface area contributed by atoms with E-state index in [1.165, 1.54) is 14.2 Å². The zero-order valence-electron chi connectivity index (χ0n) is 14.1.